The Morgan fingerprint density at radius 2 is 1.41 bits per heavy atom. The number of hydrogen-bond donors (Lipinski definition) is 1. The van der Waals surface area contributed by atoms with Gasteiger partial charge in [0.2, 0.25) is 5.75 Å². The van der Waals surface area contributed by atoms with Crippen LogP contribution in [0.5, 0.6) is 17.2 Å². The van der Waals surface area contributed by atoms with Crippen molar-refractivity contribution in [3.8, 4) is 17.2 Å². The number of nitrogens with zero attached hydrogens (tertiary/aromatic N) is 1. The third-order valence-electron chi connectivity index (χ3n) is 5.73. The molecule has 0 heterocycles. The van der Waals surface area contributed by atoms with Crippen molar-refractivity contribution in [2.24, 2.45) is 0 Å². The van der Waals surface area contributed by atoms with E-state index in [9.17, 15) is 4.79 Å². The van der Waals surface area contributed by atoms with Crippen LogP contribution in [0.15, 0.2) is 66.7 Å². The van der Waals surface area contributed by atoms with Gasteiger partial charge in [-0.05, 0) is 41.9 Å². The molecular formula is C28H34N2O4. The van der Waals surface area contributed by atoms with Crippen molar-refractivity contribution < 1.29 is 19.0 Å². The molecule has 0 aromatic heterocycles. The first-order valence-electron chi connectivity index (χ1n) is 11.6. The SMILES string of the molecule is CCN(CC)Cc1ccc(CNC(=O)c2cc(OC)c(OCc3ccccc3)c(OC)c2)cc1. The zero-order valence-electron chi connectivity index (χ0n) is 20.5. The van der Waals surface area contributed by atoms with Crippen molar-refractivity contribution in [2.75, 3.05) is 27.3 Å². The normalized spacial score (nSPS) is 10.7. The van der Waals surface area contributed by atoms with Gasteiger partial charge in [-0.15, -0.1) is 0 Å². The van der Waals surface area contributed by atoms with E-state index in [-0.39, 0.29) is 5.91 Å². The Bertz CT molecular complexity index is 1020. The lowest BCUT2D eigenvalue weighted by Crippen LogP contribution is -2.23. The van der Waals surface area contributed by atoms with Gasteiger partial charge in [0.25, 0.3) is 5.91 Å². The number of methoxy groups -OCH3 is 2. The molecule has 6 nitrogen and oxygen atoms in total. The molecule has 3 rings (SSSR count). The first-order valence-corrected chi connectivity index (χ1v) is 11.6. The topological polar surface area (TPSA) is 60.0 Å². The molecule has 180 valence electrons. The molecule has 0 spiro atoms. The van der Waals surface area contributed by atoms with E-state index >= 15 is 0 Å². The van der Waals surface area contributed by atoms with Gasteiger partial charge in [-0.2, -0.15) is 0 Å². The fourth-order valence-corrected chi connectivity index (χ4v) is 3.64. The summed E-state index contributed by atoms with van der Waals surface area (Å²) in [5, 5.41) is 2.98. The summed E-state index contributed by atoms with van der Waals surface area (Å²) >= 11 is 0. The highest BCUT2D eigenvalue weighted by atomic mass is 16.5. The minimum absolute atomic E-state index is 0.210. The summed E-state index contributed by atoms with van der Waals surface area (Å²) in [6.45, 7) is 8.11. The Morgan fingerprint density at radius 3 is 1.97 bits per heavy atom. The molecule has 0 saturated carbocycles. The van der Waals surface area contributed by atoms with Gasteiger partial charge in [0.1, 0.15) is 6.61 Å². The predicted molar refractivity (Wildman–Crippen MR) is 135 cm³/mol. The molecule has 0 fully saturated rings. The molecule has 0 atom stereocenters. The smallest absolute Gasteiger partial charge is 0.251 e. The molecule has 0 radical (unpaired) electrons. The van der Waals surface area contributed by atoms with Crippen molar-refractivity contribution in [3.05, 3.63) is 89.0 Å². The third-order valence-corrected chi connectivity index (χ3v) is 5.73. The van der Waals surface area contributed by atoms with Crippen LogP contribution in [-0.4, -0.2) is 38.1 Å². The van der Waals surface area contributed by atoms with Gasteiger partial charge in [0.15, 0.2) is 11.5 Å². The molecule has 0 unspecified atom stereocenters. The lowest BCUT2D eigenvalue weighted by Gasteiger charge is -2.18. The van der Waals surface area contributed by atoms with Gasteiger partial charge in [-0.3, -0.25) is 9.69 Å². The van der Waals surface area contributed by atoms with E-state index in [1.165, 1.54) is 5.56 Å². The van der Waals surface area contributed by atoms with Gasteiger partial charge in [-0.25, -0.2) is 0 Å². The Kier molecular flexibility index (Phi) is 9.35. The Balaban J connectivity index is 1.66. The highest BCUT2D eigenvalue weighted by molar-refractivity contribution is 5.95. The maximum atomic E-state index is 12.9. The molecule has 6 heteroatoms. The first-order chi connectivity index (χ1) is 16.6. The van der Waals surface area contributed by atoms with Crippen LogP contribution in [0, 0.1) is 0 Å². The highest BCUT2D eigenvalue weighted by Crippen LogP contribution is 2.39. The lowest BCUT2D eigenvalue weighted by molar-refractivity contribution is 0.0950. The first kappa shape index (κ1) is 25.1. The molecule has 0 aliphatic carbocycles. The van der Waals surface area contributed by atoms with Crippen LogP contribution in [0.1, 0.15) is 40.9 Å². The zero-order chi connectivity index (χ0) is 24.3. The fourth-order valence-electron chi connectivity index (χ4n) is 3.64. The number of carbonyl (C=O) groups is 1. The van der Waals surface area contributed by atoms with Crippen LogP contribution < -0.4 is 19.5 Å². The summed E-state index contributed by atoms with van der Waals surface area (Å²) in [6, 6.07) is 21.5. The van der Waals surface area contributed by atoms with Crippen LogP contribution >= 0.6 is 0 Å². The van der Waals surface area contributed by atoms with Crippen molar-refractivity contribution >= 4 is 5.91 Å². The molecule has 0 aliphatic rings. The molecule has 1 amide bonds. The van der Waals surface area contributed by atoms with Gasteiger partial charge in [0, 0.05) is 18.7 Å². The molecule has 0 saturated heterocycles. The molecule has 0 bridgehead atoms. The van der Waals surface area contributed by atoms with E-state index in [2.05, 4.69) is 48.3 Å². The second-order valence-electron chi connectivity index (χ2n) is 7.94. The summed E-state index contributed by atoms with van der Waals surface area (Å²) in [5.74, 6) is 1.15. The largest absolute Gasteiger partial charge is 0.493 e. The highest BCUT2D eigenvalue weighted by Gasteiger charge is 2.18. The standard InChI is InChI=1S/C28H34N2O4/c1-5-30(6-2)19-22-14-12-21(13-15-22)18-29-28(31)24-16-25(32-3)27(26(17-24)33-4)34-20-23-10-8-7-9-11-23/h7-17H,5-6,18-20H2,1-4H3,(H,29,31). The fraction of sp³-hybridized carbons (Fsp3) is 0.321. The van der Waals surface area contributed by atoms with Crippen LogP contribution in [0.25, 0.3) is 0 Å². The average Bonchev–Trinajstić information content (AvgIpc) is 2.89. The summed E-state index contributed by atoms with van der Waals surface area (Å²) in [7, 11) is 3.09. The summed E-state index contributed by atoms with van der Waals surface area (Å²) in [5.41, 5.74) is 3.77. The van der Waals surface area contributed by atoms with Crippen LogP contribution in [0.2, 0.25) is 0 Å². The minimum Gasteiger partial charge on any atom is -0.493 e. The zero-order valence-corrected chi connectivity index (χ0v) is 20.5. The van der Waals surface area contributed by atoms with Crippen molar-refractivity contribution in [1.29, 1.82) is 0 Å². The van der Waals surface area contributed by atoms with Crippen LogP contribution in [0.3, 0.4) is 0 Å². The van der Waals surface area contributed by atoms with Crippen LogP contribution in [-0.2, 0) is 19.7 Å². The molecule has 0 aliphatic heterocycles. The number of hydrogen-bond acceptors (Lipinski definition) is 5. The van der Waals surface area contributed by atoms with Gasteiger partial charge in [0.05, 0.1) is 14.2 Å². The Labute approximate surface area is 202 Å². The van der Waals surface area contributed by atoms with Gasteiger partial charge >= 0.3 is 0 Å². The average molecular weight is 463 g/mol. The number of ether oxygens (including phenoxy) is 3. The number of benzene rings is 3. The van der Waals surface area contributed by atoms with Crippen molar-refractivity contribution in [3.63, 3.8) is 0 Å². The summed E-state index contributed by atoms with van der Waals surface area (Å²) in [4.78, 5) is 15.2. The van der Waals surface area contributed by atoms with Gasteiger partial charge in [-0.1, -0.05) is 68.4 Å². The van der Waals surface area contributed by atoms with E-state index in [0.29, 0.717) is 36.0 Å². The monoisotopic (exact) mass is 462 g/mol. The van der Waals surface area contributed by atoms with Crippen LogP contribution in [0.4, 0.5) is 0 Å². The van der Waals surface area contributed by atoms with Gasteiger partial charge < -0.3 is 19.5 Å². The quantitative estimate of drug-likeness (QED) is 0.408. The second-order valence-corrected chi connectivity index (χ2v) is 7.94. The van der Waals surface area contributed by atoms with E-state index < -0.39 is 0 Å². The Hall–Kier alpha value is -3.51. The van der Waals surface area contributed by atoms with Crippen molar-refractivity contribution in [2.45, 2.75) is 33.5 Å². The molecule has 3 aromatic rings. The lowest BCUT2D eigenvalue weighted by atomic mass is 10.1. The second kappa shape index (κ2) is 12.7. The Morgan fingerprint density at radius 1 is 0.824 bits per heavy atom. The minimum atomic E-state index is -0.210. The maximum Gasteiger partial charge on any atom is 0.251 e. The number of amides is 1. The molecule has 34 heavy (non-hydrogen) atoms. The molecule has 3 aromatic carbocycles. The van der Waals surface area contributed by atoms with E-state index in [1.54, 1.807) is 26.4 Å². The molecule has 1 N–H and O–H groups in total. The summed E-state index contributed by atoms with van der Waals surface area (Å²) < 4.78 is 17.0. The molecular weight excluding hydrogens is 428 g/mol. The predicted octanol–water partition coefficient (Wildman–Crippen LogP) is 5.05. The van der Waals surface area contributed by atoms with E-state index in [1.807, 2.05) is 30.3 Å². The third kappa shape index (κ3) is 6.75. The number of rotatable bonds is 12. The van der Waals surface area contributed by atoms with E-state index in [4.69, 9.17) is 14.2 Å². The van der Waals surface area contributed by atoms with Crippen molar-refractivity contribution in [1.82, 2.24) is 10.2 Å². The number of nitrogens with one attached hydrogen (secondary N) is 1. The summed E-state index contributed by atoms with van der Waals surface area (Å²) in [6.07, 6.45) is 0. The maximum absolute atomic E-state index is 12.9. The van der Waals surface area contributed by atoms with E-state index in [0.717, 1.165) is 30.8 Å². The number of carbonyl (C=O) groups excluding carboxylic acids is 1.